The summed E-state index contributed by atoms with van der Waals surface area (Å²) in [6.07, 6.45) is 8.17. The van der Waals surface area contributed by atoms with Crippen LogP contribution in [0.15, 0.2) is 17.1 Å². The number of amides is 2. The number of aryl methyl sites for hydroxylation is 1. The summed E-state index contributed by atoms with van der Waals surface area (Å²) < 4.78 is 1.38. The van der Waals surface area contributed by atoms with Crippen molar-refractivity contribution in [3.63, 3.8) is 0 Å². The van der Waals surface area contributed by atoms with Crippen molar-refractivity contribution in [3.05, 3.63) is 28.2 Å². The van der Waals surface area contributed by atoms with Gasteiger partial charge in [0.15, 0.2) is 0 Å². The maximum Gasteiger partial charge on any atom is 0.274 e. The number of hydrogen-bond acceptors (Lipinski definition) is 3. The van der Waals surface area contributed by atoms with Crippen molar-refractivity contribution in [2.45, 2.75) is 58.8 Å². The van der Waals surface area contributed by atoms with Crippen LogP contribution in [0.4, 0.5) is 5.69 Å². The Hall–Kier alpha value is -2.11. The van der Waals surface area contributed by atoms with Crippen molar-refractivity contribution in [1.29, 1.82) is 0 Å². The van der Waals surface area contributed by atoms with E-state index in [9.17, 15) is 14.4 Å². The topological polar surface area (TPSA) is 71.4 Å². The molecule has 1 aliphatic rings. The van der Waals surface area contributed by atoms with Gasteiger partial charge >= 0.3 is 0 Å². The first-order valence-electron chi connectivity index (χ1n) is 9.78. The molecular weight excluding hydrogens is 330 g/mol. The van der Waals surface area contributed by atoms with Crippen LogP contribution in [0.5, 0.6) is 0 Å². The largest absolute Gasteiger partial charge is 0.339 e. The number of carbonyl (C=O) groups excluding carboxylic acids is 2. The molecule has 26 heavy (non-hydrogen) atoms. The Morgan fingerprint density at radius 2 is 1.73 bits per heavy atom. The Morgan fingerprint density at radius 3 is 2.31 bits per heavy atom. The number of nitrogens with one attached hydrogen (secondary N) is 1. The van der Waals surface area contributed by atoms with E-state index >= 15 is 0 Å². The van der Waals surface area contributed by atoms with Crippen LogP contribution >= 0.6 is 0 Å². The van der Waals surface area contributed by atoms with E-state index in [-0.39, 0.29) is 29.0 Å². The van der Waals surface area contributed by atoms with Gasteiger partial charge in [0.25, 0.3) is 11.5 Å². The van der Waals surface area contributed by atoms with Crippen molar-refractivity contribution in [2.24, 2.45) is 13.0 Å². The van der Waals surface area contributed by atoms with Gasteiger partial charge in [-0.3, -0.25) is 14.4 Å². The summed E-state index contributed by atoms with van der Waals surface area (Å²) >= 11 is 0. The van der Waals surface area contributed by atoms with Crippen LogP contribution in [-0.2, 0) is 11.8 Å². The zero-order valence-corrected chi connectivity index (χ0v) is 16.2. The van der Waals surface area contributed by atoms with Gasteiger partial charge < -0.3 is 14.8 Å². The quantitative estimate of drug-likeness (QED) is 0.811. The minimum Gasteiger partial charge on any atom is -0.339 e. The lowest BCUT2D eigenvalue weighted by atomic mass is 9.97. The number of piperidine rings is 1. The molecule has 0 aromatic carbocycles. The third-order valence-corrected chi connectivity index (χ3v) is 4.98. The lowest BCUT2D eigenvalue weighted by Crippen LogP contribution is -2.36. The summed E-state index contributed by atoms with van der Waals surface area (Å²) in [7, 11) is 1.61. The molecule has 2 amide bonds. The first-order chi connectivity index (χ1) is 12.5. The van der Waals surface area contributed by atoms with Crippen molar-refractivity contribution >= 4 is 17.5 Å². The summed E-state index contributed by atoms with van der Waals surface area (Å²) in [6, 6.07) is 1.53. The zero-order valence-electron chi connectivity index (χ0n) is 16.2. The van der Waals surface area contributed by atoms with Crippen LogP contribution < -0.4 is 10.9 Å². The third kappa shape index (κ3) is 4.96. The van der Waals surface area contributed by atoms with Gasteiger partial charge in [-0.1, -0.05) is 26.7 Å². The van der Waals surface area contributed by atoms with Gasteiger partial charge in [-0.25, -0.2) is 0 Å². The van der Waals surface area contributed by atoms with Gasteiger partial charge in [0.2, 0.25) is 5.91 Å². The Bertz CT molecular complexity index is 684. The Kier molecular flexibility index (Phi) is 7.42. The lowest BCUT2D eigenvalue weighted by Gasteiger charge is -2.27. The van der Waals surface area contributed by atoms with E-state index in [0.717, 1.165) is 58.0 Å². The highest BCUT2D eigenvalue weighted by Crippen LogP contribution is 2.18. The second-order valence-corrected chi connectivity index (χ2v) is 7.17. The van der Waals surface area contributed by atoms with Crippen LogP contribution in [0.25, 0.3) is 0 Å². The molecule has 1 aromatic heterocycles. The molecule has 1 fully saturated rings. The molecule has 6 nitrogen and oxygen atoms in total. The number of carbonyl (C=O) groups is 2. The van der Waals surface area contributed by atoms with E-state index in [1.165, 1.54) is 10.6 Å². The summed E-state index contributed by atoms with van der Waals surface area (Å²) in [5.74, 6) is -0.306. The maximum atomic E-state index is 12.7. The number of rotatable bonds is 7. The van der Waals surface area contributed by atoms with Crippen LogP contribution in [0.3, 0.4) is 0 Å². The summed E-state index contributed by atoms with van der Waals surface area (Å²) in [5.41, 5.74) is 0.352. The zero-order chi connectivity index (χ0) is 19.1. The van der Waals surface area contributed by atoms with Gasteiger partial charge in [-0.15, -0.1) is 0 Å². The number of pyridine rings is 1. The van der Waals surface area contributed by atoms with Crippen molar-refractivity contribution in [3.8, 4) is 0 Å². The molecule has 1 N–H and O–H groups in total. The maximum absolute atomic E-state index is 12.7. The highest BCUT2D eigenvalue weighted by atomic mass is 16.2. The van der Waals surface area contributed by atoms with Gasteiger partial charge in [-0.05, 0) is 38.2 Å². The average Bonchev–Trinajstić information content (AvgIpc) is 2.65. The van der Waals surface area contributed by atoms with Crippen LogP contribution in [0, 0.1) is 5.92 Å². The van der Waals surface area contributed by atoms with Gasteiger partial charge in [0, 0.05) is 32.3 Å². The molecule has 0 radical (unpaired) electrons. The molecule has 1 aliphatic heterocycles. The third-order valence-electron chi connectivity index (χ3n) is 4.98. The molecule has 0 spiro atoms. The molecule has 6 heteroatoms. The Balaban J connectivity index is 2.22. The number of nitrogens with zero attached hydrogens (tertiary/aromatic N) is 2. The number of hydrogen-bond donors (Lipinski definition) is 1. The fraction of sp³-hybridized carbons (Fsp3) is 0.650. The monoisotopic (exact) mass is 361 g/mol. The fourth-order valence-electron chi connectivity index (χ4n) is 3.54. The second kappa shape index (κ2) is 9.55. The molecule has 2 heterocycles. The lowest BCUT2D eigenvalue weighted by molar-refractivity contribution is -0.120. The normalized spacial score (nSPS) is 14.5. The molecule has 0 aliphatic carbocycles. The van der Waals surface area contributed by atoms with Crippen molar-refractivity contribution < 1.29 is 9.59 Å². The molecule has 144 valence electrons. The fourth-order valence-corrected chi connectivity index (χ4v) is 3.54. The molecule has 2 rings (SSSR count). The molecule has 1 saturated heterocycles. The van der Waals surface area contributed by atoms with Crippen LogP contribution in [0.1, 0.15) is 69.2 Å². The van der Waals surface area contributed by atoms with E-state index in [0.29, 0.717) is 5.56 Å². The SMILES string of the molecule is CCCC(CCC)C(=O)Nc1cc(C(=O)N2CCCCC2)cn(C)c1=O. The molecule has 0 bridgehead atoms. The Morgan fingerprint density at radius 1 is 1.12 bits per heavy atom. The number of likely N-dealkylation sites (tertiary alicyclic amines) is 1. The molecule has 1 aromatic rings. The smallest absolute Gasteiger partial charge is 0.274 e. The van der Waals surface area contributed by atoms with E-state index in [1.807, 2.05) is 18.7 Å². The van der Waals surface area contributed by atoms with Crippen LogP contribution in [0.2, 0.25) is 0 Å². The predicted octanol–water partition coefficient (Wildman–Crippen LogP) is 3.17. The highest BCUT2D eigenvalue weighted by molar-refractivity contribution is 5.97. The molecule has 0 atom stereocenters. The van der Waals surface area contributed by atoms with Crippen molar-refractivity contribution in [2.75, 3.05) is 18.4 Å². The average molecular weight is 361 g/mol. The predicted molar refractivity (Wildman–Crippen MR) is 103 cm³/mol. The van der Waals surface area contributed by atoms with Crippen LogP contribution in [-0.4, -0.2) is 34.4 Å². The van der Waals surface area contributed by atoms with Crippen molar-refractivity contribution in [1.82, 2.24) is 9.47 Å². The summed E-state index contributed by atoms with van der Waals surface area (Å²) in [6.45, 7) is 5.59. The first kappa shape index (κ1) is 20.2. The second-order valence-electron chi connectivity index (χ2n) is 7.17. The van der Waals surface area contributed by atoms with E-state index in [4.69, 9.17) is 0 Å². The molecule has 0 saturated carbocycles. The Labute approximate surface area is 155 Å². The van der Waals surface area contributed by atoms with Gasteiger partial charge in [-0.2, -0.15) is 0 Å². The van der Waals surface area contributed by atoms with E-state index in [1.54, 1.807) is 13.2 Å². The van der Waals surface area contributed by atoms with E-state index < -0.39 is 0 Å². The number of aromatic nitrogens is 1. The number of anilines is 1. The van der Waals surface area contributed by atoms with Gasteiger partial charge in [0.1, 0.15) is 5.69 Å². The minimum atomic E-state index is -0.291. The first-order valence-corrected chi connectivity index (χ1v) is 9.78. The minimum absolute atomic E-state index is 0.0746. The van der Waals surface area contributed by atoms with Gasteiger partial charge in [0.05, 0.1) is 5.56 Å². The standard InChI is InChI=1S/C20H31N3O3/c1-4-9-15(10-5-2)18(24)21-17-13-16(14-22(3)20(17)26)19(25)23-11-7-6-8-12-23/h13-15H,4-12H2,1-3H3,(H,21,24). The highest BCUT2D eigenvalue weighted by Gasteiger charge is 2.22. The molecular formula is C20H31N3O3. The summed E-state index contributed by atoms with van der Waals surface area (Å²) in [4.78, 5) is 39.6. The molecule has 0 unspecified atom stereocenters. The van der Waals surface area contributed by atoms with E-state index in [2.05, 4.69) is 5.32 Å². The summed E-state index contributed by atoms with van der Waals surface area (Å²) in [5, 5.41) is 2.78.